The molecule has 1 unspecified atom stereocenters. The van der Waals surface area contributed by atoms with Crippen molar-refractivity contribution in [3.8, 4) is 0 Å². The first-order valence-corrected chi connectivity index (χ1v) is 4.50. The summed E-state index contributed by atoms with van der Waals surface area (Å²) in [6.45, 7) is 5.52. The van der Waals surface area contributed by atoms with Gasteiger partial charge < -0.3 is 10.1 Å². The van der Waals surface area contributed by atoms with E-state index in [0.717, 1.165) is 0 Å². The van der Waals surface area contributed by atoms with Gasteiger partial charge >= 0.3 is 6.18 Å². The fourth-order valence-corrected chi connectivity index (χ4v) is 1.47. The standard InChI is InChI=1S/C9H18F3NO/c1-7(5-9(10,11)12)13-8(2,3)6-14-4/h7,13H,5-6H2,1-4H3. The number of methoxy groups -OCH3 is 1. The summed E-state index contributed by atoms with van der Waals surface area (Å²) in [6, 6.07) is -0.597. The molecule has 2 nitrogen and oxygen atoms in total. The highest BCUT2D eigenvalue weighted by atomic mass is 19.4. The van der Waals surface area contributed by atoms with E-state index in [1.54, 1.807) is 0 Å². The van der Waals surface area contributed by atoms with Crippen LogP contribution < -0.4 is 5.32 Å². The monoisotopic (exact) mass is 213 g/mol. The minimum atomic E-state index is -4.12. The molecule has 0 aromatic rings. The molecule has 0 aliphatic rings. The molecular weight excluding hydrogens is 195 g/mol. The Morgan fingerprint density at radius 1 is 1.29 bits per heavy atom. The molecule has 5 heteroatoms. The summed E-state index contributed by atoms with van der Waals surface area (Å²) in [4.78, 5) is 0. The molecule has 0 radical (unpaired) electrons. The van der Waals surface area contributed by atoms with Gasteiger partial charge in [-0.05, 0) is 20.8 Å². The average Bonchev–Trinajstić information content (AvgIpc) is 1.78. The number of nitrogens with one attached hydrogen (secondary N) is 1. The lowest BCUT2D eigenvalue weighted by Crippen LogP contribution is -2.49. The van der Waals surface area contributed by atoms with Crippen LogP contribution >= 0.6 is 0 Å². The van der Waals surface area contributed by atoms with E-state index in [4.69, 9.17) is 4.74 Å². The molecule has 86 valence electrons. The molecule has 0 aliphatic heterocycles. The molecule has 0 aromatic heterocycles. The number of hydrogen-bond donors (Lipinski definition) is 1. The van der Waals surface area contributed by atoms with Gasteiger partial charge in [0.2, 0.25) is 0 Å². The Balaban J connectivity index is 3.98. The predicted molar refractivity (Wildman–Crippen MR) is 49.2 cm³/mol. The summed E-state index contributed by atoms with van der Waals surface area (Å²) in [5.41, 5.74) is -0.431. The van der Waals surface area contributed by atoms with Crippen molar-refractivity contribution in [3.05, 3.63) is 0 Å². The lowest BCUT2D eigenvalue weighted by molar-refractivity contribution is -0.140. The van der Waals surface area contributed by atoms with E-state index in [1.165, 1.54) is 14.0 Å². The van der Waals surface area contributed by atoms with E-state index in [1.807, 2.05) is 13.8 Å². The highest BCUT2D eigenvalue weighted by Gasteiger charge is 2.32. The molecule has 0 heterocycles. The second kappa shape index (κ2) is 4.98. The molecule has 0 spiro atoms. The SMILES string of the molecule is COCC(C)(C)NC(C)CC(F)(F)F. The Morgan fingerprint density at radius 2 is 1.79 bits per heavy atom. The minimum absolute atomic E-state index is 0.384. The van der Waals surface area contributed by atoms with E-state index >= 15 is 0 Å². The van der Waals surface area contributed by atoms with E-state index in [-0.39, 0.29) is 0 Å². The van der Waals surface area contributed by atoms with Gasteiger partial charge in [0.05, 0.1) is 13.0 Å². The fraction of sp³-hybridized carbons (Fsp3) is 1.00. The molecule has 0 saturated carbocycles. The van der Waals surface area contributed by atoms with Crippen LogP contribution in [0.1, 0.15) is 27.2 Å². The topological polar surface area (TPSA) is 21.3 Å². The summed E-state index contributed by atoms with van der Waals surface area (Å²) in [7, 11) is 1.53. The molecule has 14 heavy (non-hydrogen) atoms. The Kier molecular flexibility index (Phi) is 4.88. The third kappa shape index (κ3) is 7.15. The Hall–Kier alpha value is -0.290. The smallest absolute Gasteiger partial charge is 0.383 e. The Morgan fingerprint density at radius 3 is 2.14 bits per heavy atom. The average molecular weight is 213 g/mol. The van der Waals surface area contributed by atoms with E-state index in [0.29, 0.717) is 6.61 Å². The number of ether oxygens (including phenoxy) is 1. The van der Waals surface area contributed by atoms with Gasteiger partial charge in [0.1, 0.15) is 0 Å². The van der Waals surface area contributed by atoms with Gasteiger partial charge in [0, 0.05) is 18.7 Å². The summed E-state index contributed by atoms with van der Waals surface area (Å²) < 4.78 is 40.9. The van der Waals surface area contributed by atoms with Crippen LogP contribution in [0.3, 0.4) is 0 Å². The third-order valence-electron chi connectivity index (χ3n) is 1.68. The summed E-state index contributed by atoms with van der Waals surface area (Å²) in [5, 5.41) is 2.87. The van der Waals surface area contributed by atoms with Crippen molar-refractivity contribution in [2.75, 3.05) is 13.7 Å². The zero-order valence-electron chi connectivity index (χ0n) is 9.03. The van der Waals surface area contributed by atoms with Crippen molar-refractivity contribution >= 4 is 0 Å². The third-order valence-corrected chi connectivity index (χ3v) is 1.68. The molecule has 1 atom stereocenters. The Labute approximate surface area is 82.8 Å². The van der Waals surface area contributed by atoms with E-state index < -0.39 is 24.2 Å². The number of alkyl halides is 3. The van der Waals surface area contributed by atoms with Gasteiger partial charge in [0.25, 0.3) is 0 Å². The van der Waals surface area contributed by atoms with Crippen molar-refractivity contribution < 1.29 is 17.9 Å². The zero-order chi connectivity index (χ0) is 11.4. The molecule has 0 fully saturated rings. The van der Waals surface area contributed by atoms with Crippen LogP contribution in [0, 0.1) is 0 Å². The highest BCUT2D eigenvalue weighted by Crippen LogP contribution is 2.22. The normalized spacial score (nSPS) is 15.6. The maximum atomic E-state index is 12.0. The summed E-state index contributed by atoms with van der Waals surface area (Å²) >= 11 is 0. The van der Waals surface area contributed by atoms with Crippen molar-refractivity contribution in [2.45, 2.75) is 44.9 Å². The highest BCUT2D eigenvalue weighted by molar-refractivity contribution is 4.81. The van der Waals surface area contributed by atoms with Gasteiger partial charge in [0.15, 0.2) is 0 Å². The first kappa shape index (κ1) is 13.7. The van der Waals surface area contributed by atoms with Gasteiger partial charge in [-0.25, -0.2) is 0 Å². The molecule has 0 saturated heterocycles. The fourth-order valence-electron chi connectivity index (χ4n) is 1.47. The maximum Gasteiger partial charge on any atom is 0.390 e. The second-order valence-corrected chi connectivity index (χ2v) is 4.18. The van der Waals surface area contributed by atoms with Gasteiger partial charge in [-0.15, -0.1) is 0 Å². The Bertz CT molecular complexity index is 168. The molecule has 0 aliphatic carbocycles. The van der Waals surface area contributed by atoms with Crippen molar-refractivity contribution in [3.63, 3.8) is 0 Å². The van der Waals surface area contributed by atoms with Crippen LogP contribution in [-0.2, 0) is 4.74 Å². The molecule has 0 bridgehead atoms. The van der Waals surface area contributed by atoms with Crippen molar-refractivity contribution in [1.82, 2.24) is 5.32 Å². The summed E-state index contributed by atoms with van der Waals surface area (Å²) in [5.74, 6) is 0. The van der Waals surface area contributed by atoms with Crippen LogP contribution in [0.25, 0.3) is 0 Å². The number of rotatable bonds is 5. The van der Waals surface area contributed by atoms with Crippen molar-refractivity contribution in [1.29, 1.82) is 0 Å². The maximum absolute atomic E-state index is 12.0. The van der Waals surface area contributed by atoms with Crippen LogP contribution in [-0.4, -0.2) is 31.5 Å². The first-order valence-electron chi connectivity index (χ1n) is 4.50. The molecule has 0 aromatic carbocycles. The molecular formula is C9H18F3NO. The predicted octanol–water partition coefficient (Wildman–Crippen LogP) is 2.34. The van der Waals surface area contributed by atoms with Gasteiger partial charge in [-0.3, -0.25) is 0 Å². The lowest BCUT2D eigenvalue weighted by Gasteiger charge is -2.29. The number of halogens is 3. The quantitative estimate of drug-likeness (QED) is 0.756. The van der Waals surface area contributed by atoms with Crippen molar-refractivity contribution in [2.24, 2.45) is 0 Å². The molecule has 1 N–H and O–H groups in total. The molecule has 0 amide bonds. The van der Waals surface area contributed by atoms with Crippen LogP contribution in [0.5, 0.6) is 0 Å². The van der Waals surface area contributed by atoms with E-state index in [9.17, 15) is 13.2 Å². The largest absolute Gasteiger partial charge is 0.390 e. The van der Waals surface area contributed by atoms with Gasteiger partial charge in [-0.1, -0.05) is 0 Å². The molecule has 0 rings (SSSR count). The van der Waals surface area contributed by atoms with Crippen LogP contribution in [0.15, 0.2) is 0 Å². The first-order chi connectivity index (χ1) is 6.16. The second-order valence-electron chi connectivity index (χ2n) is 4.18. The zero-order valence-corrected chi connectivity index (χ0v) is 9.03. The van der Waals surface area contributed by atoms with E-state index in [2.05, 4.69) is 5.32 Å². The lowest BCUT2D eigenvalue weighted by atomic mass is 10.0. The number of hydrogen-bond acceptors (Lipinski definition) is 2. The minimum Gasteiger partial charge on any atom is -0.383 e. The van der Waals surface area contributed by atoms with Crippen LogP contribution in [0.4, 0.5) is 13.2 Å². The summed E-state index contributed by atoms with van der Waals surface area (Å²) in [6.07, 6.45) is -4.93. The van der Waals surface area contributed by atoms with Gasteiger partial charge in [-0.2, -0.15) is 13.2 Å². The van der Waals surface area contributed by atoms with Crippen LogP contribution in [0.2, 0.25) is 0 Å².